The molecule has 16 heavy (non-hydrogen) atoms. The zero-order valence-electron chi connectivity index (χ0n) is 11.2. The van der Waals surface area contributed by atoms with Crippen molar-refractivity contribution in [1.29, 1.82) is 0 Å². The maximum absolute atomic E-state index is 5.67. The Morgan fingerprint density at radius 3 is 2.38 bits per heavy atom. The van der Waals surface area contributed by atoms with E-state index in [2.05, 4.69) is 57.8 Å². The summed E-state index contributed by atoms with van der Waals surface area (Å²) in [7, 11) is 2.15. The van der Waals surface area contributed by atoms with Gasteiger partial charge in [0.05, 0.1) is 0 Å². The van der Waals surface area contributed by atoms with Gasteiger partial charge in [-0.25, -0.2) is 0 Å². The Labute approximate surface area is 99.5 Å². The molecule has 1 aromatic carbocycles. The number of hydrogen-bond acceptors (Lipinski definition) is 2. The van der Waals surface area contributed by atoms with E-state index in [1.807, 2.05) is 0 Å². The van der Waals surface area contributed by atoms with E-state index >= 15 is 0 Å². The molecule has 2 heteroatoms. The Balaban J connectivity index is 3.00. The van der Waals surface area contributed by atoms with Crippen LogP contribution in [-0.4, -0.2) is 19.1 Å². The molecule has 1 aromatic rings. The highest BCUT2D eigenvalue weighted by Gasteiger charge is 2.23. The number of nitrogens with zero attached hydrogens (tertiary/aromatic N) is 1. The van der Waals surface area contributed by atoms with Crippen LogP contribution < -0.4 is 10.6 Å². The molecule has 0 amide bonds. The second-order valence-corrected chi connectivity index (χ2v) is 5.20. The molecule has 0 saturated carbocycles. The second-order valence-electron chi connectivity index (χ2n) is 5.20. The van der Waals surface area contributed by atoms with Crippen LogP contribution in [0, 0.1) is 13.8 Å². The van der Waals surface area contributed by atoms with Gasteiger partial charge in [-0.1, -0.05) is 17.7 Å². The lowest BCUT2D eigenvalue weighted by molar-refractivity contribution is 0.455. The third-order valence-corrected chi connectivity index (χ3v) is 3.38. The van der Waals surface area contributed by atoms with Crippen LogP contribution in [0.5, 0.6) is 0 Å². The summed E-state index contributed by atoms with van der Waals surface area (Å²) in [5, 5.41) is 0. The lowest BCUT2D eigenvalue weighted by Crippen LogP contribution is -2.43. The van der Waals surface area contributed by atoms with Crippen molar-refractivity contribution in [3.8, 4) is 0 Å². The summed E-state index contributed by atoms with van der Waals surface area (Å²) in [6.45, 7) is 9.49. The molecule has 0 aliphatic carbocycles. The van der Waals surface area contributed by atoms with Crippen LogP contribution in [-0.2, 0) is 0 Å². The summed E-state index contributed by atoms with van der Waals surface area (Å²) in [4.78, 5) is 2.33. The first-order chi connectivity index (χ1) is 7.38. The van der Waals surface area contributed by atoms with E-state index in [-0.39, 0.29) is 5.54 Å². The molecule has 0 spiro atoms. The zero-order chi connectivity index (χ0) is 12.3. The van der Waals surface area contributed by atoms with Crippen LogP contribution in [0.15, 0.2) is 18.2 Å². The Bertz CT molecular complexity index is 356. The molecule has 0 unspecified atom stereocenters. The van der Waals surface area contributed by atoms with Gasteiger partial charge >= 0.3 is 0 Å². The molecule has 0 atom stereocenters. The van der Waals surface area contributed by atoms with Crippen LogP contribution in [0.4, 0.5) is 5.69 Å². The van der Waals surface area contributed by atoms with E-state index in [0.717, 1.165) is 13.0 Å². The standard InChI is InChI=1S/C14H24N2/c1-11-6-7-13(12(2)10-11)16(5)14(3,4)8-9-15/h6-7,10H,8-9,15H2,1-5H3. The third kappa shape index (κ3) is 2.76. The van der Waals surface area contributed by atoms with Gasteiger partial charge in [0.2, 0.25) is 0 Å². The highest BCUT2D eigenvalue weighted by Crippen LogP contribution is 2.27. The minimum absolute atomic E-state index is 0.106. The molecule has 0 bridgehead atoms. The fourth-order valence-electron chi connectivity index (χ4n) is 2.03. The van der Waals surface area contributed by atoms with Gasteiger partial charge in [0, 0.05) is 18.3 Å². The van der Waals surface area contributed by atoms with Gasteiger partial charge in [0.1, 0.15) is 0 Å². The summed E-state index contributed by atoms with van der Waals surface area (Å²) in [5.41, 5.74) is 9.71. The summed E-state index contributed by atoms with van der Waals surface area (Å²) in [5.74, 6) is 0. The van der Waals surface area contributed by atoms with Crippen molar-refractivity contribution in [3.63, 3.8) is 0 Å². The fourth-order valence-corrected chi connectivity index (χ4v) is 2.03. The number of rotatable bonds is 4. The first-order valence-electron chi connectivity index (χ1n) is 5.89. The van der Waals surface area contributed by atoms with Crippen LogP contribution >= 0.6 is 0 Å². The van der Waals surface area contributed by atoms with Crippen molar-refractivity contribution in [3.05, 3.63) is 29.3 Å². The first kappa shape index (κ1) is 13.0. The largest absolute Gasteiger partial charge is 0.369 e. The SMILES string of the molecule is Cc1ccc(N(C)C(C)(C)CCN)c(C)c1. The van der Waals surface area contributed by atoms with Crippen molar-refractivity contribution >= 4 is 5.69 Å². The minimum Gasteiger partial charge on any atom is -0.369 e. The monoisotopic (exact) mass is 220 g/mol. The lowest BCUT2D eigenvalue weighted by atomic mass is 9.96. The Morgan fingerprint density at radius 1 is 1.25 bits per heavy atom. The molecule has 0 saturated heterocycles. The van der Waals surface area contributed by atoms with Crippen molar-refractivity contribution in [1.82, 2.24) is 0 Å². The van der Waals surface area contributed by atoms with Gasteiger partial charge < -0.3 is 10.6 Å². The maximum atomic E-state index is 5.67. The quantitative estimate of drug-likeness (QED) is 0.845. The van der Waals surface area contributed by atoms with E-state index in [1.54, 1.807) is 0 Å². The van der Waals surface area contributed by atoms with Crippen molar-refractivity contribution < 1.29 is 0 Å². The number of hydrogen-bond donors (Lipinski definition) is 1. The number of anilines is 1. The molecule has 0 heterocycles. The van der Waals surface area contributed by atoms with Gasteiger partial charge in [-0.05, 0) is 52.3 Å². The molecule has 0 aliphatic heterocycles. The minimum atomic E-state index is 0.106. The third-order valence-electron chi connectivity index (χ3n) is 3.38. The molecule has 2 nitrogen and oxygen atoms in total. The van der Waals surface area contributed by atoms with Crippen LogP contribution in [0.2, 0.25) is 0 Å². The van der Waals surface area contributed by atoms with E-state index in [4.69, 9.17) is 5.73 Å². The summed E-state index contributed by atoms with van der Waals surface area (Å²) >= 11 is 0. The van der Waals surface area contributed by atoms with Crippen LogP contribution in [0.25, 0.3) is 0 Å². The zero-order valence-corrected chi connectivity index (χ0v) is 11.2. The average molecular weight is 220 g/mol. The molecule has 90 valence electrons. The van der Waals surface area contributed by atoms with Crippen molar-refractivity contribution in [2.75, 3.05) is 18.5 Å². The van der Waals surface area contributed by atoms with Crippen molar-refractivity contribution in [2.45, 2.75) is 39.7 Å². The predicted octanol–water partition coefficient (Wildman–Crippen LogP) is 2.87. The van der Waals surface area contributed by atoms with Crippen LogP contribution in [0.1, 0.15) is 31.4 Å². The Hall–Kier alpha value is -1.02. The fraction of sp³-hybridized carbons (Fsp3) is 0.571. The number of benzene rings is 1. The van der Waals surface area contributed by atoms with Gasteiger partial charge in [-0.15, -0.1) is 0 Å². The van der Waals surface area contributed by atoms with Gasteiger partial charge in [0.15, 0.2) is 0 Å². The topological polar surface area (TPSA) is 29.3 Å². The van der Waals surface area contributed by atoms with Gasteiger partial charge in [0.25, 0.3) is 0 Å². The highest BCUT2D eigenvalue weighted by atomic mass is 15.2. The molecule has 0 aromatic heterocycles. The summed E-state index contributed by atoms with van der Waals surface area (Å²) in [6, 6.07) is 6.59. The van der Waals surface area contributed by atoms with Gasteiger partial charge in [-0.2, -0.15) is 0 Å². The number of aryl methyl sites for hydroxylation is 2. The summed E-state index contributed by atoms with van der Waals surface area (Å²) < 4.78 is 0. The van der Waals surface area contributed by atoms with Crippen molar-refractivity contribution in [2.24, 2.45) is 5.73 Å². The number of nitrogens with two attached hydrogens (primary N) is 1. The molecule has 0 aliphatic rings. The normalized spacial score (nSPS) is 11.6. The predicted molar refractivity (Wildman–Crippen MR) is 72.1 cm³/mol. The smallest absolute Gasteiger partial charge is 0.0397 e. The molecule has 0 fully saturated rings. The molecule has 0 radical (unpaired) electrons. The van der Waals surface area contributed by atoms with E-state index in [0.29, 0.717) is 0 Å². The average Bonchev–Trinajstić information content (AvgIpc) is 2.16. The highest BCUT2D eigenvalue weighted by molar-refractivity contribution is 5.55. The van der Waals surface area contributed by atoms with E-state index < -0.39 is 0 Å². The molecular weight excluding hydrogens is 196 g/mol. The molecule has 1 rings (SSSR count). The second kappa shape index (κ2) is 4.88. The Morgan fingerprint density at radius 2 is 1.88 bits per heavy atom. The lowest BCUT2D eigenvalue weighted by Gasteiger charge is -2.38. The molecular formula is C14H24N2. The van der Waals surface area contributed by atoms with Crippen LogP contribution in [0.3, 0.4) is 0 Å². The Kier molecular flexibility index (Phi) is 3.98. The maximum Gasteiger partial charge on any atom is 0.0397 e. The van der Waals surface area contributed by atoms with E-state index in [9.17, 15) is 0 Å². The summed E-state index contributed by atoms with van der Waals surface area (Å²) in [6.07, 6.45) is 0.997. The van der Waals surface area contributed by atoms with E-state index in [1.165, 1.54) is 16.8 Å². The molecule has 2 N–H and O–H groups in total. The first-order valence-corrected chi connectivity index (χ1v) is 5.89. The van der Waals surface area contributed by atoms with Gasteiger partial charge in [-0.3, -0.25) is 0 Å².